The average Bonchev–Trinajstić information content (AvgIpc) is 3.17. The first-order chi connectivity index (χ1) is 15.0. The zero-order chi connectivity index (χ0) is 21.8. The van der Waals surface area contributed by atoms with E-state index in [2.05, 4.69) is 11.1 Å². The Hall–Kier alpha value is -2.83. The van der Waals surface area contributed by atoms with Gasteiger partial charge in [0, 0.05) is 42.0 Å². The van der Waals surface area contributed by atoms with Gasteiger partial charge >= 0.3 is 0 Å². The van der Waals surface area contributed by atoms with Crippen LogP contribution in [-0.2, 0) is 19.9 Å². The van der Waals surface area contributed by atoms with Crippen molar-refractivity contribution in [3.63, 3.8) is 0 Å². The lowest BCUT2D eigenvalue weighted by atomic mass is 9.76. The summed E-state index contributed by atoms with van der Waals surface area (Å²) in [7, 11) is 1.59. The third kappa shape index (κ3) is 2.89. The molecule has 160 valence electrons. The van der Waals surface area contributed by atoms with E-state index in [9.17, 15) is 9.59 Å². The highest BCUT2D eigenvalue weighted by Crippen LogP contribution is 2.48. The lowest BCUT2D eigenvalue weighted by Gasteiger charge is -2.51. The molecule has 2 amide bonds. The Bertz CT molecular complexity index is 1190. The van der Waals surface area contributed by atoms with Crippen LogP contribution in [-0.4, -0.2) is 59.9 Å². The Balaban J connectivity index is 1.74. The summed E-state index contributed by atoms with van der Waals surface area (Å²) in [5, 5.41) is 1.71. The summed E-state index contributed by atoms with van der Waals surface area (Å²) in [6.45, 7) is 3.08. The van der Waals surface area contributed by atoms with Gasteiger partial charge in [-0.2, -0.15) is 0 Å². The maximum Gasteiger partial charge on any atom is 0.255 e. The summed E-state index contributed by atoms with van der Waals surface area (Å²) in [4.78, 5) is 33.8. The number of nitrogens with zero attached hydrogens (tertiary/aromatic N) is 2. The van der Waals surface area contributed by atoms with E-state index < -0.39 is 5.54 Å². The van der Waals surface area contributed by atoms with Gasteiger partial charge in [-0.15, -0.1) is 0 Å². The number of aromatic amines is 1. The topological polar surface area (TPSA) is 65.6 Å². The number of para-hydroxylation sites is 1. The molecule has 2 aliphatic rings. The molecule has 6 nitrogen and oxygen atoms in total. The van der Waals surface area contributed by atoms with Crippen molar-refractivity contribution in [2.75, 3.05) is 33.4 Å². The van der Waals surface area contributed by atoms with Gasteiger partial charge in [-0.25, -0.2) is 0 Å². The Morgan fingerprint density at radius 3 is 2.68 bits per heavy atom. The molecule has 1 unspecified atom stereocenters. The first-order valence-electron chi connectivity index (χ1n) is 10.4. The number of amides is 2. The molecular formula is C24H24ClN3O3. The van der Waals surface area contributed by atoms with Crippen LogP contribution < -0.4 is 0 Å². The number of fused-ring (bicyclic) bond motifs is 5. The first kappa shape index (κ1) is 20.1. The number of carbonyl (C=O) groups is 2. The van der Waals surface area contributed by atoms with E-state index in [0.29, 0.717) is 24.7 Å². The second-order valence-electron chi connectivity index (χ2n) is 8.33. The van der Waals surface area contributed by atoms with Gasteiger partial charge < -0.3 is 19.5 Å². The van der Waals surface area contributed by atoms with Crippen LogP contribution in [0.2, 0.25) is 5.02 Å². The van der Waals surface area contributed by atoms with Gasteiger partial charge in [0.25, 0.3) is 5.91 Å². The lowest BCUT2D eigenvalue weighted by Crippen LogP contribution is -2.67. The number of aromatic nitrogens is 1. The quantitative estimate of drug-likeness (QED) is 0.679. The second kappa shape index (κ2) is 7.39. The van der Waals surface area contributed by atoms with Crippen molar-refractivity contribution in [2.24, 2.45) is 0 Å². The summed E-state index contributed by atoms with van der Waals surface area (Å²) in [5.41, 5.74) is 2.61. The minimum absolute atomic E-state index is 0.0581. The molecule has 1 N–H and O–H groups in total. The summed E-state index contributed by atoms with van der Waals surface area (Å²) in [6.07, 6.45) is 0. The molecule has 1 saturated heterocycles. The largest absolute Gasteiger partial charge is 0.383 e. The van der Waals surface area contributed by atoms with Crippen LogP contribution in [0, 0.1) is 0 Å². The van der Waals surface area contributed by atoms with E-state index in [1.807, 2.05) is 49.4 Å². The molecule has 2 aliphatic heterocycles. The van der Waals surface area contributed by atoms with Crippen LogP contribution in [0.1, 0.15) is 29.7 Å². The number of H-pyrrole nitrogens is 1. The number of nitrogens with one attached hydrogen (secondary N) is 1. The Kier molecular flexibility index (Phi) is 4.79. The molecule has 0 spiro atoms. The minimum Gasteiger partial charge on any atom is -0.383 e. The smallest absolute Gasteiger partial charge is 0.255 e. The summed E-state index contributed by atoms with van der Waals surface area (Å²) < 4.78 is 5.16. The fraction of sp³-hybridized carbons (Fsp3) is 0.333. The second-order valence-corrected chi connectivity index (χ2v) is 8.74. The maximum absolute atomic E-state index is 13.7. The molecule has 0 bridgehead atoms. The van der Waals surface area contributed by atoms with Gasteiger partial charge in [0.2, 0.25) is 5.91 Å². The Morgan fingerprint density at radius 2 is 1.90 bits per heavy atom. The van der Waals surface area contributed by atoms with E-state index in [-0.39, 0.29) is 24.3 Å². The fourth-order valence-electron chi connectivity index (χ4n) is 5.10. The van der Waals surface area contributed by atoms with Crippen molar-refractivity contribution < 1.29 is 14.3 Å². The summed E-state index contributed by atoms with van der Waals surface area (Å²) in [5.74, 6) is -0.288. The molecule has 2 atom stereocenters. The molecule has 7 heteroatoms. The Labute approximate surface area is 185 Å². The molecular weight excluding hydrogens is 414 g/mol. The highest BCUT2D eigenvalue weighted by atomic mass is 35.5. The number of hydrogen-bond donors (Lipinski definition) is 1. The molecule has 31 heavy (non-hydrogen) atoms. The molecule has 1 fully saturated rings. The van der Waals surface area contributed by atoms with Crippen LogP contribution in [0.25, 0.3) is 10.9 Å². The number of carbonyl (C=O) groups excluding carboxylic acids is 2. The van der Waals surface area contributed by atoms with Crippen molar-refractivity contribution in [2.45, 2.75) is 18.4 Å². The van der Waals surface area contributed by atoms with E-state index in [1.165, 1.54) is 0 Å². The van der Waals surface area contributed by atoms with Crippen molar-refractivity contribution >= 4 is 34.3 Å². The average molecular weight is 438 g/mol. The van der Waals surface area contributed by atoms with Crippen LogP contribution in [0.4, 0.5) is 0 Å². The Morgan fingerprint density at radius 1 is 1.16 bits per heavy atom. The van der Waals surface area contributed by atoms with Crippen molar-refractivity contribution in [3.05, 3.63) is 70.4 Å². The van der Waals surface area contributed by atoms with E-state index in [4.69, 9.17) is 16.3 Å². The zero-order valence-electron chi connectivity index (χ0n) is 17.5. The third-order valence-corrected chi connectivity index (χ3v) is 7.01. The molecule has 3 aromatic rings. The third-order valence-electron chi connectivity index (χ3n) is 6.66. The predicted octanol–water partition coefficient (Wildman–Crippen LogP) is 3.50. The highest BCUT2D eigenvalue weighted by molar-refractivity contribution is 6.31. The number of halogens is 1. The molecule has 0 aliphatic carbocycles. The molecule has 5 rings (SSSR count). The van der Waals surface area contributed by atoms with Crippen LogP contribution in [0.3, 0.4) is 0 Å². The number of hydrogen-bond acceptors (Lipinski definition) is 3. The van der Waals surface area contributed by atoms with Crippen molar-refractivity contribution in [1.82, 2.24) is 14.8 Å². The summed E-state index contributed by atoms with van der Waals surface area (Å²) >= 11 is 6.59. The van der Waals surface area contributed by atoms with Gasteiger partial charge in [0.1, 0.15) is 0 Å². The standard InChI is InChI=1S/C24H24ClN3O3/c1-24-22-21(16-8-4-6-10-19(16)26-22)17(15-7-3-5-9-18(15)25)13-28(24)20(29)14-27(23(24)30)11-12-31-2/h3-10,17,26H,11-14H2,1-2H3/t17?,24-/m0/s1. The van der Waals surface area contributed by atoms with Gasteiger partial charge in [-0.05, 0) is 30.2 Å². The van der Waals surface area contributed by atoms with Gasteiger partial charge in [0.15, 0.2) is 5.54 Å². The number of ether oxygens (including phenoxy) is 1. The van der Waals surface area contributed by atoms with E-state index in [1.54, 1.807) is 16.9 Å². The predicted molar refractivity (Wildman–Crippen MR) is 119 cm³/mol. The van der Waals surface area contributed by atoms with Gasteiger partial charge in [0.05, 0.1) is 18.8 Å². The number of rotatable bonds is 4. The van der Waals surface area contributed by atoms with E-state index in [0.717, 1.165) is 27.7 Å². The molecule has 1 aromatic heterocycles. The van der Waals surface area contributed by atoms with Crippen LogP contribution in [0.5, 0.6) is 0 Å². The maximum atomic E-state index is 13.7. The lowest BCUT2D eigenvalue weighted by molar-refractivity contribution is -0.166. The molecule has 3 heterocycles. The van der Waals surface area contributed by atoms with E-state index >= 15 is 0 Å². The number of benzene rings is 2. The zero-order valence-corrected chi connectivity index (χ0v) is 18.3. The van der Waals surface area contributed by atoms with Crippen molar-refractivity contribution in [1.29, 1.82) is 0 Å². The van der Waals surface area contributed by atoms with Crippen LogP contribution in [0.15, 0.2) is 48.5 Å². The highest BCUT2D eigenvalue weighted by Gasteiger charge is 2.56. The van der Waals surface area contributed by atoms with Gasteiger partial charge in [-0.3, -0.25) is 9.59 Å². The van der Waals surface area contributed by atoms with Crippen molar-refractivity contribution in [3.8, 4) is 0 Å². The summed E-state index contributed by atoms with van der Waals surface area (Å²) in [6, 6.07) is 15.8. The first-order valence-corrected chi connectivity index (χ1v) is 10.8. The normalized spacial score (nSPS) is 23.3. The number of piperazine rings is 1. The molecule has 2 aromatic carbocycles. The molecule has 0 radical (unpaired) electrons. The number of methoxy groups -OCH3 is 1. The van der Waals surface area contributed by atoms with Crippen LogP contribution >= 0.6 is 11.6 Å². The fourth-order valence-corrected chi connectivity index (χ4v) is 5.36. The SMILES string of the molecule is COCCN1CC(=O)N2CC(c3ccccc3Cl)c3c([nH]c4ccccc34)[C@@]2(C)C1=O. The minimum atomic E-state index is -1.10. The monoisotopic (exact) mass is 437 g/mol. The molecule has 0 saturated carbocycles. The van der Waals surface area contributed by atoms with Gasteiger partial charge in [-0.1, -0.05) is 48.0 Å².